The molecular formula is C12H18N6O. The fourth-order valence-electron chi connectivity index (χ4n) is 1.96. The second kappa shape index (κ2) is 5.75. The molecule has 0 amide bonds. The van der Waals surface area contributed by atoms with E-state index in [1.165, 1.54) is 4.68 Å². The van der Waals surface area contributed by atoms with Crippen molar-refractivity contribution in [2.75, 3.05) is 0 Å². The zero-order valence-corrected chi connectivity index (χ0v) is 11.2. The van der Waals surface area contributed by atoms with Gasteiger partial charge in [-0.25, -0.2) is 4.68 Å². The number of aromatic nitrogens is 5. The predicted molar refractivity (Wildman–Crippen MR) is 69.3 cm³/mol. The second-order valence-corrected chi connectivity index (χ2v) is 4.42. The first-order chi connectivity index (χ1) is 9.12. The molecule has 2 heterocycles. The Morgan fingerprint density at radius 3 is 2.89 bits per heavy atom. The van der Waals surface area contributed by atoms with Gasteiger partial charge in [0.1, 0.15) is 6.54 Å². The monoisotopic (exact) mass is 262 g/mol. The second-order valence-electron chi connectivity index (χ2n) is 4.42. The van der Waals surface area contributed by atoms with Crippen molar-refractivity contribution in [3.05, 3.63) is 29.3 Å². The summed E-state index contributed by atoms with van der Waals surface area (Å²) in [6, 6.07) is 1.94. The Morgan fingerprint density at radius 1 is 1.47 bits per heavy atom. The van der Waals surface area contributed by atoms with E-state index in [4.69, 9.17) is 5.73 Å². The first-order valence-corrected chi connectivity index (χ1v) is 6.26. The van der Waals surface area contributed by atoms with Gasteiger partial charge in [0, 0.05) is 18.8 Å². The van der Waals surface area contributed by atoms with Gasteiger partial charge in [-0.2, -0.15) is 5.10 Å². The Hall–Kier alpha value is -2.02. The van der Waals surface area contributed by atoms with Crippen molar-refractivity contribution in [2.24, 2.45) is 5.73 Å². The van der Waals surface area contributed by atoms with Gasteiger partial charge >= 0.3 is 0 Å². The van der Waals surface area contributed by atoms with Crippen LogP contribution < -0.4 is 5.73 Å². The molecule has 0 aromatic carbocycles. The third-order valence-electron chi connectivity index (χ3n) is 2.80. The molecule has 0 saturated heterocycles. The number of hydrogen-bond donors (Lipinski definition) is 1. The zero-order chi connectivity index (χ0) is 13.8. The van der Waals surface area contributed by atoms with Crippen molar-refractivity contribution in [1.82, 2.24) is 24.8 Å². The van der Waals surface area contributed by atoms with Gasteiger partial charge in [-0.15, -0.1) is 5.10 Å². The van der Waals surface area contributed by atoms with Gasteiger partial charge in [-0.3, -0.25) is 9.48 Å². The first-order valence-electron chi connectivity index (χ1n) is 6.26. The van der Waals surface area contributed by atoms with Gasteiger partial charge in [0.05, 0.1) is 24.0 Å². The van der Waals surface area contributed by atoms with Crippen LogP contribution in [-0.2, 0) is 30.8 Å². The van der Waals surface area contributed by atoms with E-state index < -0.39 is 0 Å². The van der Waals surface area contributed by atoms with Crippen LogP contribution in [0.15, 0.2) is 12.3 Å². The summed E-state index contributed by atoms with van der Waals surface area (Å²) in [5.74, 6) is 0.0723. The molecule has 0 atom stereocenters. The van der Waals surface area contributed by atoms with E-state index >= 15 is 0 Å². The normalized spacial score (nSPS) is 10.9. The predicted octanol–water partition coefficient (Wildman–Crippen LogP) is 0.0734. The quantitative estimate of drug-likeness (QED) is 0.795. The zero-order valence-electron chi connectivity index (χ0n) is 11.2. The van der Waals surface area contributed by atoms with E-state index in [1.807, 2.05) is 24.6 Å². The minimum atomic E-state index is 0.0723. The van der Waals surface area contributed by atoms with Crippen molar-refractivity contribution >= 4 is 5.78 Å². The third kappa shape index (κ3) is 3.25. The molecule has 0 aliphatic heterocycles. The molecule has 0 bridgehead atoms. The number of hydrogen-bond acceptors (Lipinski definition) is 5. The van der Waals surface area contributed by atoms with E-state index in [0.29, 0.717) is 18.7 Å². The van der Waals surface area contributed by atoms with Crippen molar-refractivity contribution in [1.29, 1.82) is 0 Å². The number of carbonyl (C=O) groups is 1. The number of carbonyl (C=O) groups excluding carboxylic acids is 1. The lowest BCUT2D eigenvalue weighted by atomic mass is 10.2. The summed E-state index contributed by atoms with van der Waals surface area (Å²) in [6.07, 6.45) is 2.05. The molecule has 0 saturated carbocycles. The van der Waals surface area contributed by atoms with Crippen LogP contribution in [0.1, 0.15) is 24.0 Å². The van der Waals surface area contributed by atoms with Gasteiger partial charge in [0.15, 0.2) is 5.78 Å². The number of nitrogens with two attached hydrogens (primary N) is 1. The molecule has 0 spiro atoms. The number of Topliss-reactive ketones (excluding diaryl/α,β-unsaturated/α-hetero) is 1. The lowest BCUT2D eigenvalue weighted by molar-refractivity contribution is -0.119. The fourth-order valence-corrected chi connectivity index (χ4v) is 1.96. The molecule has 19 heavy (non-hydrogen) atoms. The maximum Gasteiger partial charge on any atom is 0.160 e. The minimum absolute atomic E-state index is 0.0723. The molecule has 7 heteroatoms. The Bertz CT molecular complexity index is 571. The van der Waals surface area contributed by atoms with Crippen LogP contribution in [0.5, 0.6) is 0 Å². The van der Waals surface area contributed by atoms with E-state index in [0.717, 1.165) is 17.9 Å². The summed E-state index contributed by atoms with van der Waals surface area (Å²) in [5.41, 5.74) is 7.99. The molecule has 0 aliphatic rings. The van der Waals surface area contributed by atoms with Gasteiger partial charge in [-0.1, -0.05) is 5.21 Å². The molecule has 0 fully saturated rings. The SMILES string of the molecule is CCn1nc(C)cc1CC(=O)Cn1cc(CN)nn1. The number of nitrogens with zero attached hydrogens (tertiary/aromatic N) is 5. The largest absolute Gasteiger partial charge is 0.325 e. The Balaban J connectivity index is 2.00. The average Bonchev–Trinajstić information content (AvgIpc) is 2.95. The van der Waals surface area contributed by atoms with Crippen LogP contribution in [0.3, 0.4) is 0 Å². The van der Waals surface area contributed by atoms with Crippen LogP contribution in [0, 0.1) is 6.92 Å². The van der Waals surface area contributed by atoms with Crippen LogP contribution in [0.2, 0.25) is 0 Å². The summed E-state index contributed by atoms with van der Waals surface area (Å²) in [7, 11) is 0. The van der Waals surface area contributed by atoms with Gasteiger partial charge in [-0.05, 0) is 19.9 Å². The van der Waals surface area contributed by atoms with E-state index in [2.05, 4.69) is 15.4 Å². The number of rotatable bonds is 6. The van der Waals surface area contributed by atoms with E-state index in [-0.39, 0.29) is 12.3 Å². The molecule has 102 valence electrons. The van der Waals surface area contributed by atoms with Crippen molar-refractivity contribution in [3.8, 4) is 0 Å². The van der Waals surface area contributed by atoms with E-state index in [1.54, 1.807) is 6.20 Å². The highest BCUT2D eigenvalue weighted by Gasteiger charge is 2.11. The average molecular weight is 262 g/mol. The van der Waals surface area contributed by atoms with Crippen molar-refractivity contribution in [3.63, 3.8) is 0 Å². The summed E-state index contributed by atoms with van der Waals surface area (Å²) < 4.78 is 3.37. The van der Waals surface area contributed by atoms with Crippen LogP contribution in [0.25, 0.3) is 0 Å². The topological polar surface area (TPSA) is 91.6 Å². The summed E-state index contributed by atoms with van der Waals surface area (Å²) >= 11 is 0. The Labute approximate surface area is 111 Å². The minimum Gasteiger partial charge on any atom is -0.325 e. The van der Waals surface area contributed by atoms with Crippen LogP contribution in [-0.4, -0.2) is 30.6 Å². The molecule has 2 aromatic heterocycles. The molecule has 2 aromatic rings. The maximum absolute atomic E-state index is 12.0. The number of aryl methyl sites for hydroxylation is 2. The van der Waals surface area contributed by atoms with Crippen LogP contribution >= 0.6 is 0 Å². The summed E-state index contributed by atoms with van der Waals surface area (Å²) in [4.78, 5) is 12.0. The molecule has 0 radical (unpaired) electrons. The third-order valence-corrected chi connectivity index (χ3v) is 2.80. The fraction of sp³-hybridized carbons (Fsp3) is 0.500. The molecule has 2 rings (SSSR count). The molecule has 2 N–H and O–H groups in total. The smallest absolute Gasteiger partial charge is 0.160 e. The lowest BCUT2D eigenvalue weighted by Gasteiger charge is -2.03. The van der Waals surface area contributed by atoms with Crippen molar-refractivity contribution in [2.45, 2.75) is 39.9 Å². The highest BCUT2D eigenvalue weighted by Crippen LogP contribution is 2.06. The molecule has 0 unspecified atom stereocenters. The van der Waals surface area contributed by atoms with Gasteiger partial charge < -0.3 is 5.73 Å². The number of ketones is 1. The molecule has 0 aliphatic carbocycles. The van der Waals surface area contributed by atoms with Gasteiger partial charge in [0.25, 0.3) is 0 Å². The summed E-state index contributed by atoms with van der Waals surface area (Å²) in [5, 5.41) is 12.0. The summed E-state index contributed by atoms with van der Waals surface area (Å²) in [6.45, 7) is 5.23. The van der Waals surface area contributed by atoms with Gasteiger partial charge in [0.2, 0.25) is 0 Å². The first kappa shape index (κ1) is 13.4. The highest BCUT2D eigenvalue weighted by atomic mass is 16.1. The van der Waals surface area contributed by atoms with E-state index in [9.17, 15) is 4.79 Å². The standard InChI is InChI=1S/C12H18N6O/c1-3-18-11(4-9(2)15-18)5-12(19)8-17-7-10(6-13)14-16-17/h4,7H,3,5-6,8,13H2,1-2H3. The molecular weight excluding hydrogens is 244 g/mol. The lowest BCUT2D eigenvalue weighted by Crippen LogP contribution is -2.15. The molecule has 7 nitrogen and oxygen atoms in total. The highest BCUT2D eigenvalue weighted by molar-refractivity contribution is 5.80. The van der Waals surface area contributed by atoms with Crippen LogP contribution in [0.4, 0.5) is 0 Å². The maximum atomic E-state index is 12.0. The Morgan fingerprint density at radius 2 is 2.26 bits per heavy atom. The Kier molecular flexibility index (Phi) is 4.06. The van der Waals surface area contributed by atoms with Crippen molar-refractivity contribution < 1.29 is 4.79 Å².